The minimum absolute atomic E-state index is 0.136. The topological polar surface area (TPSA) is 36.4 Å². The Morgan fingerprint density at radius 3 is 2.76 bits per heavy atom. The minimum Gasteiger partial charge on any atom is -0.358 e. The first-order valence-electron chi connectivity index (χ1n) is 11.2. The molecule has 1 aromatic heterocycles. The number of pyridine rings is 1. The van der Waals surface area contributed by atoms with Gasteiger partial charge < -0.3 is 9.80 Å². The Morgan fingerprint density at radius 2 is 1.97 bits per heavy atom. The van der Waals surface area contributed by atoms with E-state index in [0.717, 1.165) is 35.5 Å². The Morgan fingerprint density at radius 1 is 1.15 bits per heavy atom. The lowest BCUT2D eigenvalue weighted by molar-refractivity contribution is -0.130. The Labute approximate surface area is 198 Å². The van der Waals surface area contributed by atoms with E-state index in [1.165, 1.54) is 21.6 Å². The van der Waals surface area contributed by atoms with Gasteiger partial charge in [-0.3, -0.25) is 9.78 Å². The fourth-order valence-electron chi connectivity index (χ4n) is 4.39. The average Bonchev–Trinajstić information content (AvgIpc) is 3.25. The molecule has 0 fully saturated rings. The molecule has 2 aromatic rings. The highest BCUT2D eigenvalue weighted by molar-refractivity contribution is 8.06. The van der Waals surface area contributed by atoms with Crippen LogP contribution in [0.5, 0.6) is 0 Å². The molecular formula is C27H26FN3OS. The van der Waals surface area contributed by atoms with E-state index in [4.69, 9.17) is 0 Å². The molecule has 0 N–H and O–H groups in total. The van der Waals surface area contributed by atoms with Crippen molar-refractivity contribution < 1.29 is 9.18 Å². The maximum absolute atomic E-state index is 13.7. The summed E-state index contributed by atoms with van der Waals surface area (Å²) < 4.78 is 13.7. The number of thioether (sulfide) groups is 1. The quantitative estimate of drug-likeness (QED) is 0.613. The fraction of sp³-hybridized carbons (Fsp3) is 0.259. The largest absolute Gasteiger partial charge is 0.358 e. The van der Waals surface area contributed by atoms with Crippen LogP contribution < -0.4 is 0 Å². The lowest BCUT2D eigenvalue weighted by Gasteiger charge is -2.31. The van der Waals surface area contributed by atoms with Crippen LogP contribution in [-0.2, 0) is 4.79 Å². The number of hydrogen-bond donors (Lipinski definition) is 0. The number of benzene rings is 1. The Hall–Kier alpha value is -3.12. The molecule has 1 amide bonds. The number of amides is 1. The van der Waals surface area contributed by atoms with Crippen LogP contribution in [-0.4, -0.2) is 46.9 Å². The normalized spacial score (nSPS) is 18.1. The Bertz CT molecular complexity index is 1230. The fourth-order valence-corrected chi connectivity index (χ4v) is 5.46. The predicted molar refractivity (Wildman–Crippen MR) is 132 cm³/mol. The summed E-state index contributed by atoms with van der Waals surface area (Å²) in [6, 6.07) is 11.9. The third-order valence-electron chi connectivity index (χ3n) is 6.29. The van der Waals surface area contributed by atoms with Crippen LogP contribution in [0.2, 0.25) is 0 Å². The second-order valence-corrected chi connectivity index (χ2v) is 9.99. The smallest absolute Gasteiger partial charge is 0.242 e. The highest BCUT2D eigenvalue weighted by Gasteiger charge is 2.29. The number of carbonyl (C=O) groups excluding carboxylic acids is 1. The van der Waals surface area contributed by atoms with Crippen LogP contribution in [0.1, 0.15) is 30.2 Å². The first kappa shape index (κ1) is 21.7. The van der Waals surface area contributed by atoms with Crippen LogP contribution >= 0.6 is 11.8 Å². The summed E-state index contributed by atoms with van der Waals surface area (Å²) >= 11 is 1.80. The molecule has 4 nitrogen and oxygen atoms in total. The van der Waals surface area contributed by atoms with Gasteiger partial charge in [-0.2, -0.15) is 0 Å². The number of carbonyl (C=O) groups is 1. The first-order valence-corrected chi connectivity index (χ1v) is 12.0. The standard InChI is InChI=1S/C27H26FN3OS/c1-18-12-24(29-14-23(18)28)21-10-11-30(25(13-21)20-6-4-3-5-7-20)17-27(32)31-15-22-9-8-19(2)33-26(22)16-31/h3-8,10,12-14H,9,11,15-17H2,1-2H3. The zero-order chi connectivity index (χ0) is 22.9. The van der Waals surface area contributed by atoms with Gasteiger partial charge in [-0.05, 0) is 59.6 Å². The van der Waals surface area contributed by atoms with E-state index in [9.17, 15) is 9.18 Å². The molecule has 4 heterocycles. The van der Waals surface area contributed by atoms with Gasteiger partial charge in [0.25, 0.3) is 0 Å². The monoisotopic (exact) mass is 459 g/mol. The van der Waals surface area contributed by atoms with Crippen LogP contribution in [0.4, 0.5) is 4.39 Å². The summed E-state index contributed by atoms with van der Waals surface area (Å²) in [5.74, 6) is -0.169. The number of aryl methyl sites for hydroxylation is 1. The summed E-state index contributed by atoms with van der Waals surface area (Å²) in [4.78, 5) is 24.3. The lowest BCUT2D eigenvalue weighted by atomic mass is 10.0. The molecular weight excluding hydrogens is 433 g/mol. The molecule has 0 bridgehead atoms. The van der Waals surface area contributed by atoms with Crippen LogP contribution in [0, 0.1) is 12.7 Å². The third kappa shape index (κ3) is 4.53. The van der Waals surface area contributed by atoms with Crippen molar-refractivity contribution >= 4 is 28.9 Å². The van der Waals surface area contributed by atoms with E-state index in [-0.39, 0.29) is 11.7 Å². The molecule has 0 unspecified atom stereocenters. The van der Waals surface area contributed by atoms with Gasteiger partial charge in [0.05, 0.1) is 25.0 Å². The molecule has 0 saturated carbocycles. The molecule has 0 aliphatic carbocycles. The van der Waals surface area contributed by atoms with Crippen LogP contribution in [0.15, 0.2) is 76.2 Å². The molecule has 0 atom stereocenters. The second-order valence-electron chi connectivity index (χ2n) is 8.65. The average molecular weight is 460 g/mol. The van der Waals surface area contributed by atoms with Gasteiger partial charge >= 0.3 is 0 Å². The van der Waals surface area contributed by atoms with Gasteiger partial charge in [-0.25, -0.2) is 4.39 Å². The first-order chi connectivity index (χ1) is 16.0. The molecule has 168 valence electrons. The number of hydrogen-bond acceptors (Lipinski definition) is 4. The van der Waals surface area contributed by atoms with E-state index < -0.39 is 0 Å². The van der Waals surface area contributed by atoms with Crippen molar-refractivity contribution in [2.45, 2.75) is 20.3 Å². The molecule has 5 rings (SSSR count). The van der Waals surface area contributed by atoms with Crippen molar-refractivity contribution in [3.8, 4) is 0 Å². The highest BCUT2D eigenvalue weighted by Crippen LogP contribution is 2.38. The highest BCUT2D eigenvalue weighted by atomic mass is 32.2. The molecule has 0 spiro atoms. The van der Waals surface area contributed by atoms with Crippen molar-refractivity contribution in [1.29, 1.82) is 0 Å². The van der Waals surface area contributed by atoms with Gasteiger partial charge in [0, 0.05) is 23.7 Å². The Kier molecular flexibility index (Phi) is 5.94. The molecule has 0 radical (unpaired) electrons. The van der Waals surface area contributed by atoms with Crippen molar-refractivity contribution in [1.82, 2.24) is 14.8 Å². The molecule has 6 heteroatoms. The van der Waals surface area contributed by atoms with Crippen LogP contribution in [0.25, 0.3) is 11.3 Å². The van der Waals surface area contributed by atoms with Crippen molar-refractivity contribution in [3.05, 3.63) is 98.8 Å². The van der Waals surface area contributed by atoms with Crippen molar-refractivity contribution in [2.24, 2.45) is 0 Å². The number of allylic oxidation sites excluding steroid dienone is 4. The van der Waals surface area contributed by atoms with Crippen LogP contribution in [0.3, 0.4) is 0 Å². The molecule has 3 aliphatic heterocycles. The summed E-state index contributed by atoms with van der Waals surface area (Å²) in [5.41, 5.74) is 5.65. The zero-order valence-electron chi connectivity index (χ0n) is 18.8. The van der Waals surface area contributed by atoms with Gasteiger partial charge in [0.15, 0.2) is 0 Å². The van der Waals surface area contributed by atoms with E-state index in [2.05, 4.69) is 47.2 Å². The van der Waals surface area contributed by atoms with E-state index in [1.54, 1.807) is 24.8 Å². The van der Waals surface area contributed by atoms with Gasteiger partial charge in [0.2, 0.25) is 5.91 Å². The maximum Gasteiger partial charge on any atom is 0.242 e. The van der Waals surface area contributed by atoms with Crippen molar-refractivity contribution in [3.63, 3.8) is 0 Å². The summed E-state index contributed by atoms with van der Waals surface area (Å²) in [5, 5.41) is 0. The summed E-state index contributed by atoms with van der Waals surface area (Å²) in [7, 11) is 0. The van der Waals surface area contributed by atoms with E-state index >= 15 is 0 Å². The lowest BCUT2D eigenvalue weighted by Crippen LogP contribution is -2.39. The number of rotatable bonds is 4. The van der Waals surface area contributed by atoms with Crippen molar-refractivity contribution in [2.75, 3.05) is 26.2 Å². The maximum atomic E-state index is 13.7. The number of nitrogens with zero attached hydrogens (tertiary/aromatic N) is 3. The van der Waals surface area contributed by atoms with E-state index in [1.807, 2.05) is 23.1 Å². The molecule has 3 aliphatic rings. The number of aromatic nitrogens is 1. The SMILES string of the molecule is CC1=CCC2=C(CN(C(=O)CN3CC=C(c4cc(C)c(F)cn4)C=C3c3ccccc3)C2)S1. The summed E-state index contributed by atoms with van der Waals surface area (Å²) in [6.07, 6.45) is 8.59. The van der Waals surface area contributed by atoms with E-state index in [0.29, 0.717) is 25.2 Å². The Balaban J connectivity index is 1.36. The zero-order valence-corrected chi connectivity index (χ0v) is 19.7. The van der Waals surface area contributed by atoms with Gasteiger partial charge in [-0.15, -0.1) is 0 Å². The number of halogens is 1. The predicted octanol–water partition coefficient (Wildman–Crippen LogP) is 5.41. The molecule has 1 aromatic carbocycles. The summed E-state index contributed by atoms with van der Waals surface area (Å²) in [6.45, 7) is 6.22. The second kappa shape index (κ2) is 9.02. The minimum atomic E-state index is -0.305. The third-order valence-corrected chi connectivity index (χ3v) is 7.44. The molecule has 33 heavy (non-hydrogen) atoms. The van der Waals surface area contributed by atoms with Gasteiger partial charge in [0.1, 0.15) is 5.82 Å². The molecule has 0 saturated heterocycles. The van der Waals surface area contributed by atoms with Gasteiger partial charge in [-0.1, -0.05) is 54.2 Å².